The molecule has 2 aromatic carbocycles. The Morgan fingerprint density at radius 2 is 1.84 bits per heavy atom. The van der Waals surface area contributed by atoms with Gasteiger partial charge in [-0.2, -0.15) is 5.10 Å². The number of halogens is 1. The van der Waals surface area contributed by atoms with Crippen LogP contribution in [0.2, 0.25) is 0 Å². The number of nitrogens with one attached hydrogen (secondary N) is 2. The first-order valence-electron chi connectivity index (χ1n) is 9.38. The van der Waals surface area contributed by atoms with Crippen LogP contribution in [0.5, 0.6) is 11.5 Å². The maximum Gasteiger partial charge on any atom is 0.287 e. The van der Waals surface area contributed by atoms with Gasteiger partial charge in [-0.1, -0.05) is 24.3 Å². The molecule has 3 rings (SSSR count). The molecule has 7 nitrogen and oxygen atoms in total. The topological polar surface area (TPSA) is 89.0 Å². The predicted octanol–water partition coefficient (Wildman–Crippen LogP) is 4.29. The lowest BCUT2D eigenvalue weighted by atomic mass is 10.2. The maximum absolute atomic E-state index is 12.8. The zero-order valence-corrected chi connectivity index (χ0v) is 20.3. The van der Waals surface area contributed by atoms with Gasteiger partial charge in [0.25, 0.3) is 11.8 Å². The monoisotopic (exact) mass is 561 g/mol. The molecule has 0 aliphatic heterocycles. The van der Waals surface area contributed by atoms with Crippen molar-refractivity contribution in [3.05, 3.63) is 85.2 Å². The zero-order valence-electron chi connectivity index (χ0n) is 17.3. The van der Waals surface area contributed by atoms with Crippen molar-refractivity contribution in [1.29, 1.82) is 0 Å². The number of nitrogens with zero attached hydrogens (tertiary/aromatic N) is 1. The molecular formula is C23H20IN3O4S. The second-order valence-electron chi connectivity index (χ2n) is 6.33. The third-order valence-electron chi connectivity index (χ3n) is 4.19. The van der Waals surface area contributed by atoms with Crippen molar-refractivity contribution >= 4 is 58.0 Å². The maximum atomic E-state index is 12.8. The molecule has 2 amide bonds. The van der Waals surface area contributed by atoms with Crippen LogP contribution in [0.1, 0.15) is 20.8 Å². The van der Waals surface area contributed by atoms with Gasteiger partial charge < -0.3 is 14.8 Å². The molecule has 0 aliphatic rings. The van der Waals surface area contributed by atoms with E-state index in [4.69, 9.17) is 9.47 Å². The normalized spacial score (nSPS) is 11.3. The van der Waals surface area contributed by atoms with Crippen molar-refractivity contribution in [2.45, 2.75) is 0 Å². The summed E-state index contributed by atoms with van der Waals surface area (Å²) in [6.45, 7) is 0. The summed E-state index contributed by atoms with van der Waals surface area (Å²) in [5.74, 6) is 0.246. The van der Waals surface area contributed by atoms with Gasteiger partial charge in [0, 0.05) is 10.4 Å². The van der Waals surface area contributed by atoms with Gasteiger partial charge >= 0.3 is 0 Å². The third kappa shape index (κ3) is 6.17. The zero-order chi connectivity index (χ0) is 22.9. The number of amides is 2. The number of thiophene rings is 1. The highest BCUT2D eigenvalue weighted by molar-refractivity contribution is 14.1. The number of methoxy groups -OCH3 is 2. The highest BCUT2D eigenvalue weighted by Gasteiger charge is 2.15. The fourth-order valence-electron chi connectivity index (χ4n) is 2.70. The quantitative estimate of drug-likeness (QED) is 0.186. The van der Waals surface area contributed by atoms with Gasteiger partial charge in [-0.25, -0.2) is 5.43 Å². The Morgan fingerprint density at radius 3 is 2.50 bits per heavy atom. The third-order valence-corrected chi connectivity index (χ3v) is 5.81. The second-order valence-corrected chi connectivity index (χ2v) is 8.47. The van der Waals surface area contributed by atoms with Crippen molar-refractivity contribution < 1.29 is 19.1 Å². The second kappa shape index (κ2) is 11.4. The first-order chi connectivity index (χ1) is 15.5. The lowest BCUT2D eigenvalue weighted by molar-refractivity contribution is -0.117. The lowest BCUT2D eigenvalue weighted by Gasteiger charge is -2.10. The fraction of sp³-hybridized carbons (Fsp3) is 0.0870. The van der Waals surface area contributed by atoms with Gasteiger partial charge in [0.1, 0.15) is 5.70 Å². The number of benzene rings is 2. The number of hydrazone groups is 1. The Hall–Kier alpha value is -3.18. The van der Waals surface area contributed by atoms with Crippen LogP contribution in [0.3, 0.4) is 0 Å². The molecule has 0 unspecified atom stereocenters. The van der Waals surface area contributed by atoms with Gasteiger partial charge in [0.05, 0.1) is 24.0 Å². The van der Waals surface area contributed by atoms with E-state index in [-0.39, 0.29) is 11.6 Å². The van der Waals surface area contributed by atoms with Crippen LogP contribution in [0.4, 0.5) is 0 Å². The van der Waals surface area contributed by atoms with E-state index < -0.39 is 5.91 Å². The molecule has 1 heterocycles. The number of hydrogen-bond acceptors (Lipinski definition) is 6. The molecule has 1 aromatic heterocycles. The van der Waals surface area contributed by atoms with Crippen LogP contribution < -0.4 is 20.2 Å². The SMILES string of the molecule is COc1cc(C=NNC(=O)C(=Cc2cccs2)NC(=O)c2ccccc2)cc(I)c1OC. The van der Waals surface area contributed by atoms with Crippen LogP contribution in [-0.2, 0) is 4.79 Å². The van der Waals surface area contributed by atoms with Crippen LogP contribution in [0, 0.1) is 3.57 Å². The minimum Gasteiger partial charge on any atom is -0.493 e. The molecule has 32 heavy (non-hydrogen) atoms. The van der Waals surface area contributed by atoms with E-state index in [0.717, 1.165) is 8.45 Å². The molecule has 9 heteroatoms. The Bertz CT molecular complexity index is 1150. The van der Waals surface area contributed by atoms with Crippen molar-refractivity contribution in [3.8, 4) is 11.5 Å². The van der Waals surface area contributed by atoms with Crippen molar-refractivity contribution in [2.24, 2.45) is 5.10 Å². The van der Waals surface area contributed by atoms with Crippen LogP contribution in [-0.4, -0.2) is 32.2 Å². The smallest absolute Gasteiger partial charge is 0.287 e. The molecule has 3 aromatic rings. The number of carbonyl (C=O) groups excluding carboxylic acids is 2. The average molecular weight is 561 g/mol. The van der Waals surface area contributed by atoms with E-state index in [2.05, 4.69) is 38.4 Å². The standard InChI is InChI=1S/C23H20IN3O4S/c1-30-20-12-15(11-18(24)21(20)31-2)14-25-27-23(29)19(13-17-9-6-10-32-17)26-22(28)16-7-4-3-5-8-16/h3-14H,1-2H3,(H,26,28)(H,27,29). The predicted molar refractivity (Wildman–Crippen MR) is 134 cm³/mol. The molecule has 0 radical (unpaired) electrons. The first kappa shape index (κ1) is 23.5. The van der Waals surface area contributed by atoms with Gasteiger partial charge in [0.2, 0.25) is 0 Å². The van der Waals surface area contributed by atoms with Crippen LogP contribution >= 0.6 is 33.9 Å². The fourth-order valence-corrected chi connectivity index (χ4v) is 4.20. The molecule has 0 atom stereocenters. The summed E-state index contributed by atoms with van der Waals surface area (Å²) in [4.78, 5) is 26.1. The van der Waals surface area contributed by atoms with E-state index in [0.29, 0.717) is 22.6 Å². The summed E-state index contributed by atoms with van der Waals surface area (Å²) in [5.41, 5.74) is 3.70. The molecular weight excluding hydrogens is 541 g/mol. The molecule has 164 valence electrons. The van der Waals surface area contributed by atoms with Gasteiger partial charge in [-0.15, -0.1) is 11.3 Å². The minimum atomic E-state index is -0.547. The summed E-state index contributed by atoms with van der Waals surface area (Å²) in [7, 11) is 3.12. The van der Waals surface area contributed by atoms with E-state index in [1.54, 1.807) is 50.6 Å². The van der Waals surface area contributed by atoms with E-state index in [1.165, 1.54) is 17.6 Å². The summed E-state index contributed by atoms with van der Waals surface area (Å²) < 4.78 is 11.5. The Kier molecular flexibility index (Phi) is 8.40. The summed E-state index contributed by atoms with van der Waals surface area (Å²) in [6.07, 6.45) is 3.10. The molecule has 0 bridgehead atoms. The minimum absolute atomic E-state index is 0.0837. The molecule has 2 N–H and O–H groups in total. The summed E-state index contributed by atoms with van der Waals surface area (Å²) in [6, 6.07) is 16.0. The lowest BCUT2D eigenvalue weighted by Crippen LogP contribution is -2.32. The molecule has 0 spiro atoms. The van der Waals surface area contributed by atoms with E-state index in [9.17, 15) is 9.59 Å². The average Bonchev–Trinajstić information content (AvgIpc) is 3.32. The highest BCUT2D eigenvalue weighted by atomic mass is 127. The first-order valence-corrected chi connectivity index (χ1v) is 11.3. The van der Waals surface area contributed by atoms with E-state index in [1.807, 2.05) is 29.6 Å². The number of hydrogen-bond donors (Lipinski definition) is 2. The molecule has 0 fully saturated rings. The van der Waals surface area contributed by atoms with Gasteiger partial charge in [-0.3, -0.25) is 9.59 Å². The molecule has 0 saturated heterocycles. The van der Waals surface area contributed by atoms with E-state index >= 15 is 0 Å². The number of rotatable bonds is 8. The van der Waals surface area contributed by atoms with Crippen molar-refractivity contribution in [3.63, 3.8) is 0 Å². The van der Waals surface area contributed by atoms with Crippen LogP contribution in [0.15, 0.2) is 70.8 Å². The van der Waals surface area contributed by atoms with Gasteiger partial charge in [-0.05, 0) is 69.9 Å². The highest BCUT2D eigenvalue weighted by Crippen LogP contribution is 2.33. The molecule has 0 saturated carbocycles. The van der Waals surface area contributed by atoms with Crippen molar-refractivity contribution in [2.75, 3.05) is 14.2 Å². The van der Waals surface area contributed by atoms with Crippen LogP contribution in [0.25, 0.3) is 6.08 Å². The summed E-state index contributed by atoms with van der Waals surface area (Å²) >= 11 is 3.58. The van der Waals surface area contributed by atoms with Gasteiger partial charge in [0.15, 0.2) is 11.5 Å². The van der Waals surface area contributed by atoms with Crippen molar-refractivity contribution in [1.82, 2.24) is 10.7 Å². The summed E-state index contributed by atoms with van der Waals surface area (Å²) in [5, 5.41) is 8.58. The molecule has 0 aliphatic carbocycles. The Balaban J connectivity index is 1.77. The Morgan fingerprint density at radius 1 is 1.06 bits per heavy atom. The largest absolute Gasteiger partial charge is 0.493 e. The number of ether oxygens (including phenoxy) is 2. The number of carbonyl (C=O) groups is 2. The Labute approximate surface area is 203 Å².